The van der Waals surface area contributed by atoms with Crippen molar-refractivity contribution in [1.82, 2.24) is 9.78 Å². The van der Waals surface area contributed by atoms with Crippen LogP contribution in [0.2, 0.25) is 0 Å². The van der Waals surface area contributed by atoms with Crippen LogP contribution in [0.3, 0.4) is 0 Å². The zero-order chi connectivity index (χ0) is 12.5. The van der Waals surface area contributed by atoms with Gasteiger partial charge in [-0.15, -0.1) is 0 Å². The van der Waals surface area contributed by atoms with Crippen molar-refractivity contribution >= 4 is 5.78 Å². The van der Waals surface area contributed by atoms with Crippen LogP contribution in [0.1, 0.15) is 35.3 Å². The van der Waals surface area contributed by atoms with Gasteiger partial charge in [0.1, 0.15) is 5.82 Å². The van der Waals surface area contributed by atoms with E-state index >= 15 is 0 Å². The second kappa shape index (κ2) is 4.37. The fraction of sp³-hybridized carbons (Fsp3) is 0.286. The van der Waals surface area contributed by atoms with Crippen LogP contribution in [0.25, 0.3) is 5.69 Å². The maximum atomic E-state index is 13.2. The minimum Gasteiger partial charge on any atom is -0.294 e. The number of benzene rings is 1. The summed E-state index contributed by atoms with van der Waals surface area (Å²) in [6, 6.07) is 6.28. The van der Waals surface area contributed by atoms with Crippen molar-refractivity contribution < 1.29 is 9.18 Å². The number of ketones is 1. The average molecular weight is 244 g/mol. The molecule has 4 heteroatoms. The van der Waals surface area contributed by atoms with E-state index in [0.717, 1.165) is 25.0 Å². The van der Waals surface area contributed by atoms with Gasteiger partial charge in [-0.3, -0.25) is 4.79 Å². The Labute approximate surface area is 104 Å². The van der Waals surface area contributed by atoms with Crippen molar-refractivity contribution in [3.05, 3.63) is 47.5 Å². The number of hydrogen-bond acceptors (Lipinski definition) is 2. The molecule has 1 aromatic carbocycles. The zero-order valence-corrected chi connectivity index (χ0v) is 9.90. The van der Waals surface area contributed by atoms with Gasteiger partial charge in [0.15, 0.2) is 5.78 Å². The molecule has 1 aliphatic rings. The van der Waals surface area contributed by atoms with E-state index in [4.69, 9.17) is 0 Å². The molecule has 0 atom stereocenters. The standard InChI is InChI=1S/C14H13FN2O/c15-10-4-3-5-11(8-10)17-13-6-1-2-7-14(18)12(13)9-16-17/h3-5,8-9H,1-2,6-7H2. The summed E-state index contributed by atoms with van der Waals surface area (Å²) in [5.41, 5.74) is 2.27. The molecular weight excluding hydrogens is 231 g/mol. The number of halogens is 1. The van der Waals surface area contributed by atoms with E-state index < -0.39 is 0 Å². The highest BCUT2D eigenvalue weighted by Crippen LogP contribution is 2.23. The zero-order valence-electron chi connectivity index (χ0n) is 9.90. The highest BCUT2D eigenvalue weighted by Gasteiger charge is 2.20. The summed E-state index contributed by atoms with van der Waals surface area (Å²) >= 11 is 0. The molecule has 0 fully saturated rings. The molecule has 0 saturated heterocycles. The topological polar surface area (TPSA) is 34.9 Å². The van der Waals surface area contributed by atoms with Gasteiger partial charge in [0, 0.05) is 6.42 Å². The Morgan fingerprint density at radius 1 is 1.22 bits per heavy atom. The first-order valence-electron chi connectivity index (χ1n) is 6.12. The van der Waals surface area contributed by atoms with Gasteiger partial charge in [-0.2, -0.15) is 5.10 Å². The number of fused-ring (bicyclic) bond motifs is 1. The summed E-state index contributed by atoms with van der Waals surface area (Å²) in [6.07, 6.45) is 4.89. The molecule has 1 aromatic heterocycles. The number of rotatable bonds is 1. The third-order valence-corrected chi connectivity index (χ3v) is 3.29. The largest absolute Gasteiger partial charge is 0.294 e. The van der Waals surface area contributed by atoms with Crippen LogP contribution in [0, 0.1) is 5.82 Å². The first-order chi connectivity index (χ1) is 8.75. The highest BCUT2D eigenvalue weighted by atomic mass is 19.1. The first-order valence-corrected chi connectivity index (χ1v) is 6.12. The van der Waals surface area contributed by atoms with Crippen molar-refractivity contribution in [2.24, 2.45) is 0 Å². The van der Waals surface area contributed by atoms with Gasteiger partial charge < -0.3 is 0 Å². The molecule has 0 aliphatic heterocycles. The van der Waals surface area contributed by atoms with E-state index in [2.05, 4.69) is 5.10 Å². The van der Waals surface area contributed by atoms with Gasteiger partial charge >= 0.3 is 0 Å². The first kappa shape index (κ1) is 11.1. The number of carbonyl (C=O) groups is 1. The lowest BCUT2D eigenvalue weighted by Crippen LogP contribution is -2.04. The summed E-state index contributed by atoms with van der Waals surface area (Å²) in [5, 5.41) is 4.23. The Hall–Kier alpha value is -1.97. The van der Waals surface area contributed by atoms with E-state index in [1.165, 1.54) is 12.1 Å². The van der Waals surface area contributed by atoms with Gasteiger partial charge in [-0.1, -0.05) is 6.07 Å². The second-order valence-corrected chi connectivity index (χ2v) is 4.53. The lowest BCUT2D eigenvalue weighted by atomic mass is 10.1. The Balaban J connectivity index is 2.11. The fourth-order valence-corrected chi connectivity index (χ4v) is 2.39. The van der Waals surface area contributed by atoms with Crippen LogP contribution >= 0.6 is 0 Å². The molecule has 0 bridgehead atoms. The van der Waals surface area contributed by atoms with Crippen LogP contribution in [-0.4, -0.2) is 15.6 Å². The molecule has 1 heterocycles. The van der Waals surface area contributed by atoms with E-state index in [9.17, 15) is 9.18 Å². The predicted octanol–water partition coefficient (Wildman–Crippen LogP) is 2.92. The summed E-state index contributed by atoms with van der Waals surface area (Å²) in [4.78, 5) is 11.9. The van der Waals surface area contributed by atoms with E-state index in [1.54, 1.807) is 23.0 Å². The van der Waals surface area contributed by atoms with Crippen LogP contribution in [-0.2, 0) is 6.42 Å². The molecule has 0 amide bonds. The summed E-state index contributed by atoms with van der Waals surface area (Å²) in [7, 11) is 0. The molecule has 0 spiro atoms. The van der Waals surface area contributed by atoms with Crippen LogP contribution in [0.5, 0.6) is 0 Å². The maximum absolute atomic E-state index is 13.2. The number of Topliss-reactive ketones (excluding diaryl/α,β-unsaturated/α-hetero) is 1. The van der Waals surface area contributed by atoms with Gasteiger partial charge in [0.05, 0.1) is 23.1 Å². The molecule has 0 N–H and O–H groups in total. The molecule has 2 aromatic rings. The van der Waals surface area contributed by atoms with Crippen molar-refractivity contribution in [3.63, 3.8) is 0 Å². The minimum absolute atomic E-state index is 0.144. The molecule has 3 nitrogen and oxygen atoms in total. The van der Waals surface area contributed by atoms with Crippen LogP contribution in [0.4, 0.5) is 4.39 Å². The van der Waals surface area contributed by atoms with E-state index in [0.29, 0.717) is 17.7 Å². The van der Waals surface area contributed by atoms with Gasteiger partial charge in [0.2, 0.25) is 0 Å². The molecule has 92 valence electrons. The Morgan fingerprint density at radius 3 is 2.89 bits per heavy atom. The number of hydrogen-bond donors (Lipinski definition) is 0. The fourth-order valence-electron chi connectivity index (χ4n) is 2.39. The summed E-state index contributed by atoms with van der Waals surface area (Å²) < 4.78 is 14.9. The molecule has 1 aliphatic carbocycles. The minimum atomic E-state index is -0.295. The van der Waals surface area contributed by atoms with E-state index in [1.807, 2.05) is 0 Å². The smallest absolute Gasteiger partial charge is 0.166 e. The average Bonchev–Trinajstić information content (AvgIpc) is 2.70. The van der Waals surface area contributed by atoms with Crippen molar-refractivity contribution in [2.75, 3.05) is 0 Å². The molecule has 3 rings (SSSR count). The van der Waals surface area contributed by atoms with Crippen molar-refractivity contribution in [1.29, 1.82) is 0 Å². The van der Waals surface area contributed by atoms with Crippen LogP contribution in [0.15, 0.2) is 30.5 Å². The number of carbonyl (C=O) groups excluding carboxylic acids is 1. The van der Waals surface area contributed by atoms with Gasteiger partial charge in [-0.25, -0.2) is 9.07 Å². The Morgan fingerprint density at radius 2 is 2.06 bits per heavy atom. The lowest BCUT2D eigenvalue weighted by molar-refractivity contribution is 0.0982. The summed E-state index contributed by atoms with van der Waals surface area (Å²) in [5.74, 6) is -0.151. The normalized spacial score (nSPS) is 15.3. The SMILES string of the molecule is O=C1CCCCc2c1cnn2-c1cccc(F)c1. The maximum Gasteiger partial charge on any atom is 0.166 e. The van der Waals surface area contributed by atoms with Crippen LogP contribution < -0.4 is 0 Å². The molecule has 0 unspecified atom stereocenters. The number of aromatic nitrogens is 2. The molecule has 0 saturated carbocycles. The molecule has 0 radical (unpaired) electrons. The monoisotopic (exact) mass is 244 g/mol. The van der Waals surface area contributed by atoms with Crippen molar-refractivity contribution in [3.8, 4) is 5.69 Å². The quantitative estimate of drug-likeness (QED) is 0.723. The predicted molar refractivity (Wildman–Crippen MR) is 65.4 cm³/mol. The lowest BCUT2D eigenvalue weighted by Gasteiger charge is -2.07. The van der Waals surface area contributed by atoms with Gasteiger partial charge in [0.25, 0.3) is 0 Å². The second-order valence-electron chi connectivity index (χ2n) is 4.53. The highest BCUT2D eigenvalue weighted by molar-refractivity contribution is 5.97. The summed E-state index contributed by atoms with van der Waals surface area (Å²) in [6.45, 7) is 0. The Kier molecular flexibility index (Phi) is 2.70. The Bertz CT molecular complexity index is 604. The third-order valence-electron chi connectivity index (χ3n) is 3.29. The van der Waals surface area contributed by atoms with Gasteiger partial charge in [-0.05, 0) is 37.5 Å². The molecule has 18 heavy (non-hydrogen) atoms. The molecular formula is C14H13FN2O. The number of nitrogens with zero attached hydrogens (tertiary/aromatic N) is 2. The van der Waals surface area contributed by atoms with E-state index in [-0.39, 0.29) is 11.6 Å². The third kappa shape index (κ3) is 1.83. The van der Waals surface area contributed by atoms with Crippen molar-refractivity contribution in [2.45, 2.75) is 25.7 Å².